The first-order chi connectivity index (χ1) is 10.3. The Labute approximate surface area is 126 Å². The summed E-state index contributed by atoms with van der Waals surface area (Å²) in [6.07, 6.45) is 7.49. The third-order valence-electron chi connectivity index (χ3n) is 3.72. The molecule has 1 aliphatic rings. The lowest BCUT2D eigenvalue weighted by atomic mass is 10.2. The van der Waals surface area contributed by atoms with Gasteiger partial charge in [0.25, 0.3) is 0 Å². The van der Waals surface area contributed by atoms with Gasteiger partial charge in [0.15, 0.2) is 0 Å². The number of nitrogens with one attached hydrogen (secondary N) is 1. The fraction of sp³-hybridized carbons (Fsp3) is 0.471. The normalized spacial score (nSPS) is 14.3. The standard InChI is InChI=1S/C17H23N3O/c1-2-8-20-13-18-11-16(20)12-21-17-5-3-4-14(9-17)10-19-15-6-7-15/h3-5,9,11,13,15,19H,2,6-8,10,12H2,1H3. The largest absolute Gasteiger partial charge is 0.487 e. The number of nitrogens with zero attached hydrogens (tertiary/aromatic N) is 2. The van der Waals surface area contributed by atoms with Gasteiger partial charge in [0, 0.05) is 19.1 Å². The first-order valence-corrected chi connectivity index (χ1v) is 7.79. The lowest BCUT2D eigenvalue weighted by Crippen LogP contribution is -2.15. The van der Waals surface area contributed by atoms with E-state index < -0.39 is 0 Å². The minimum absolute atomic E-state index is 0.569. The van der Waals surface area contributed by atoms with Crippen LogP contribution in [0.3, 0.4) is 0 Å². The van der Waals surface area contributed by atoms with Crippen LogP contribution in [0, 0.1) is 0 Å². The molecule has 0 saturated heterocycles. The van der Waals surface area contributed by atoms with Crippen LogP contribution in [0.1, 0.15) is 37.4 Å². The molecule has 21 heavy (non-hydrogen) atoms. The van der Waals surface area contributed by atoms with E-state index in [4.69, 9.17) is 4.74 Å². The highest BCUT2D eigenvalue weighted by Crippen LogP contribution is 2.20. The van der Waals surface area contributed by atoms with Gasteiger partial charge in [-0.1, -0.05) is 19.1 Å². The summed E-state index contributed by atoms with van der Waals surface area (Å²) in [5.41, 5.74) is 2.40. The average Bonchev–Trinajstić information content (AvgIpc) is 3.24. The maximum absolute atomic E-state index is 5.91. The zero-order chi connectivity index (χ0) is 14.5. The second-order valence-electron chi connectivity index (χ2n) is 5.67. The molecule has 0 unspecified atom stereocenters. The van der Waals surface area contributed by atoms with E-state index in [0.29, 0.717) is 6.61 Å². The van der Waals surface area contributed by atoms with Crippen molar-refractivity contribution < 1.29 is 4.74 Å². The van der Waals surface area contributed by atoms with Gasteiger partial charge in [-0.2, -0.15) is 0 Å². The Morgan fingerprint density at radius 3 is 3.10 bits per heavy atom. The van der Waals surface area contributed by atoms with Crippen molar-refractivity contribution in [1.82, 2.24) is 14.9 Å². The van der Waals surface area contributed by atoms with Crippen LogP contribution in [0.15, 0.2) is 36.8 Å². The Bertz CT molecular complexity index is 575. The van der Waals surface area contributed by atoms with Gasteiger partial charge < -0.3 is 14.6 Å². The highest BCUT2D eigenvalue weighted by Gasteiger charge is 2.19. The van der Waals surface area contributed by atoms with E-state index in [1.54, 1.807) is 0 Å². The molecule has 1 saturated carbocycles. The molecule has 0 aliphatic heterocycles. The van der Waals surface area contributed by atoms with Gasteiger partial charge in [-0.25, -0.2) is 4.98 Å². The van der Waals surface area contributed by atoms with Crippen LogP contribution in [0.5, 0.6) is 5.75 Å². The topological polar surface area (TPSA) is 39.1 Å². The summed E-state index contributed by atoms with van der Waals surface area (Å²) in [6.45, 7) is 4.65. The fourth-order valence-corrected chi connectivity index (χ4v) is 2.36. The van der Waals surface area contributed by atoms with Gasteiger partial charge >= 0.3 is 0 Å². The molecule has 112 valence electrons. The lowest BCUT2D eigenvalue weighted by molar-refractivity contribution is 0.294. The molecule has 0 radical (unpaired) electrons. The number of rotatable bonds is 8. The van der Waals surface area contributed by atoms with E-state index >= 15 is 0 Å². The summed E-state index contributed by atoms with van der Waals surface area (Å²) in [4.78, 5) is 4.20. The predicted octanol–water partition coefficient (Wildman–Crippen LogP) is 3.12. The Morgan fingerprint density at radius 2 is 2.29 bits per heavy atom. The number of hydrogen-bond donors (Lipinski definition) is 1. The van der Waals surface area contributed by atoms with Crippen molar-refractivity contribution in [1.29, 1.82) is 0 Å². The van der Waals surface area contributed by atoms with E-state index in [1.807, 2.05) is 18.6 Å². The molecule has 0 bridgehead atoms. The predicted molar refractivity (Wildman–Crippen MR) is 83.2 cm³/mol. The van der Waals surface area contributed by atoms with Crippen molar-refractivity contribution >= 4 is 0 Å². The average molecular weight is 285 g/mol. The van der Waals surface area contributed by atoms with Crippen LogP contribution in [-0.4, -0.2) is 15.6 Å². The molecule has 0 amide bonds. The summed E-state index contributed by atoms with van der Waals surface area (Å²) >= 11 is 0. The number of hydrogen-bond acceptors (Lipinski definition) is 3. The van der Waals surface area contributed by atoms with Crippen molar-refractivity contribution in [3.63, 3.8) is 0 Å². The molecule has 0 spiro atoms. The minimum atomic E-state index is 0.569. The maximum atomic E-state index is 5.91. The number of benzene rings is 1. The van der Waals surface area contributed by atoms with Gasteiger partial charge in [-0.3, -0.25) is 0 Å². The Hall–Kier alpha value is -1.81. The summed E-state index contributed by atoms with van der Waals surface area (Å²) in [5.74, 6) is 0.925. The highest BCUT2D eigenvalue weighted by atomic mass is 16.5. The number of imidazole rings is 1. The lowest BCUT2D eigenvalue weighted by Gasteiger charge is -2.10. The molecule has 1 N–H and O–H groups in total. The second-order valence-corrected chi connectivity index (χ2v) is 5.67. The van der Waals surface area contributed by atoms with Crippen molar-refractivity contribution in [3.05, 3.63) is 48.0 Å². The van der Waals surface area contributed by atoms with Crippen LogP contribution in [0.4, 0.5) is 0 Å². The van der Waals surface area contributed by atoms with Crippen LogP contribution in [0.2, 0.25) is 0 Å². The number of aromatic nitrogens is 2. The molecule has 2 aromatic rings. The SMILES string of the molecule is CCCn1cncc1COc1cccc(CNC2CC2)c1. The van der Waals surface area contributed by atoms with Gasteiger partial charge in [-0.15, -0.1) is 0 Å². The molecule has 1 heterocycles. The van der Waals surface area contributed by atoms with E-state index in [9.17, 15) is 0 Å². The molecule has 1 aliphatic carbocycles. The van der Waals surface area contributed by atoms with Crippen molar-refractivity contribution in [2.75, 3.05) is 0 Å². The van der Waals surface area contributed by atoms with E-state index in [1.165, 1.54) is 18.4 Å². The molecule has 1 aromatic heterocycles. The van der Waals surface area contributed by atoms with Gasteiger partial charge in [0.1, 0.15) is 12.4 Å². The molecule has 0 atom stereocenters. The highest BCUT2D eigenvalue weighted by molar-refractivity contribution is 5.28. The Kier molecular flexibility index (Phi) is 4.55. The second kappa shape index (κ2) is 6.76. The molecular formula is C17H23N3O. The monoisotopic (exact) mass is 285 g/mol. The van der Waals surface area contributed by atoms with Crippen molar-refractivity contribution in [2.24, 2.45) is 0 Å². The first kappa shape index (κ1) is 14.1. The third kappa shape index (κ3) is 4.08. The van der Waals surface area contributed by atoms with Crippen LogP contribution in [-0.2, 0) is 19.7 Å². The van der Waals surface area contributed by atoms with Crippen LogP contribution >= 0.6 is 0 Å². The van der Waals surface area contributed by atoms with Crippen LogP contribution < -0.4 is 10.1 Å². The van der Waals surface area contributed by atoms with Gasteiger partial charge in [0.05, 0.1) is 18.2 Å². The zero-order valence-corrected chi connectivity index (χ0v) is 12.6. The molecule has 3 rings (SSSR count). The Balaban J connectivity index is 1.56. The number of ether oxygens (including phenoxy) is 1. The molecule has 4 heteroatoms. The summed E-state index contributed by atoms with van der Waals surface area (Å²) in [6, 6.07) is 9.07. The summed E-state index contributed by atoms with van der Waals surface area (Å²) in [7, 11) is 0. The third-order valence-corrected chi connectivity index (χ3v) is 3.72. The molecule has 1 fully saturated rings. The molecular weight excluding hydrogens is 262 g/mol. The van der Waals surface area contributed by atoms with Crippen molar-refractivity contribution in [2.45, 2.75) is 51.9 Å². The van der Waals surface area contributed by atoms with Crippen molar-refractivity contribution in [3.8, 4) is 5.75 Å². The maximum Gasteiger partial charge on any atom is 0.130 e. The van der Waals surface area contributed by atoms with E-state index in [0.717, 1.165) is 37.0 Å². The van der Waals surface area contributed by atoms with Gasteiger partial charge in [0.2, 0.25) is 0 Å². The smallest absolute Gasteiger partial charge is 0.130 e. The molecule has 1 aromatic carbocycles. The first-order valence-electron chi connectivity index (χ1n) is 7.79. The van der Waals surface area contributed by atoms with Crippen LogP contribution in [0.25, 0.3) is 0 Å². The van der Waals surface area contributed by atoms with Gasteiger partial charge in [-0.05, 0) is 37.0 Å². The fourth-order valence-electron chi connectivity index (χ4n) is 2.36. The zero-order valence-electron chi connectivity index (χ0n) is 12.6. The summed E-state index contributed by atoms with van der Waals surface area (Å²) in [5, 5.41) is 3.53. The molecule has 4 nitrogen and oxygen atoms in total. The number of aryl methyl sites for hydroxylation is 1. The quantitative estimate of drug-likeness (QED) is 0.810. The van der Waals surface area contributed by atoms with E-state index in [-0.39, 0.29) is 0 Å². The van der Waals surface area contributed by atoms with E-state index in [2.05, 4.69) is 40.0 Å². The minimum Gasteiger partial charge on any atom is -0.487 e. The summed E-state index contributed by atoms with van der Waals surface area (Å²) < 4.78 is 8.06. The Morgan fingerprint density at radius 1 is 1.38 bits per heavy atom.